The minimum absolute atomic E-state index is 0.0137. The van der Waals surface area contributed by atoms with Gasteiger partial charge in [-0.2, -0.15) is 0 Å². The van der Waals surface area contributed by atoms with Gasteiger partial charge >= 0.3 is 0 Å². The number of aryl methyl sites for hydroxylation is 1. The Morgan fingerprint density at radius 3 is 2.97 bits per heavy atom. The number of nitrogens with zero attached hydrogens (tertiary/aromatic N) is 3. The number of fused-ring (bicyclic) bond motifs is 2. The Hall–Kier alpha value is -2.74. The van der Waals surface area contributed by atoms with Crippen LogP contribution in [0.3, 0.4) is 0 Å². The van der Waals surface area contributed by atoms with Crippen LogP contribution in [0.15, 0.2) is 40.0 Å². The quantitative estimate of drug-likeness (QED) is 0.631. The SMILES string of the molecule is BBc1cc(C(C(=O)N2C[C@H](O)CC2C2=NOC3(CCCc4ccccc43)N2)C(C)C)on1. The molecule has 2 aliphatic heterocycles. The maximum Gasteiger partial charge on any atom is 0.234 e. The molecule has 5 rings (SSSR count). The van der Waals surface area contributed by atoms with Crippen molar-refractivity contribution in [3.8, 4) is 0 Å². The number of aromatic nitrogens is 1. The second-order valence-electron chi connectivity index (χ2n) is 9.72. The van der Waals surface area contributed by atoms with Crippen molar-refractivity contribution in [3.05, 3.63) is 47.2 Å². The molecular formula is C23H30B2N4O4. The molecule has 2 N–H and O–H groups in total. The van der Waals surface area contributed by atoms with Crippen molar-refractivity contribution in [2.45, 2.75) is 63.3 Å². The van der Waals surface area contributed by atoms with Crippen LogP contribution in [-0.2, 0) is 21.8 Å². The molecule has 172 valence electrons. The molecule has 0 radical (unpaired) electrons. The van der Waals surface area contributed by atoms with E-state index < -0.39 is 17.7 Å². The molecule has 1 aromatic heterocycles. The van der Waals surface area contributed by atoms with E-state index in [9.17, 15) is 9.90 Å². The summed E-state index contributed by atoms with van der Waals surface area (Å²) >= 11 is 0. The highest BCUT2D eigenvalue weighted by atomic mass is 16.7. The van der Waals surface area contributed by atoms with Crippen LogP contribution in [0.25, 0.3) is 0 Å². The first-order chi connectivity index (χ1) is 15.9. The topological polar surface area (TPSA) is 100 Å². The molecule has 1 aliphatic carbocycles. The smallest absolute Gasteiger partial charge is 0.234 e. The van der Waals surface area contributed by atoms with E-state index in [1.165, 1.54) is 5.56 Å². The van der Waals surface area contributed by atoms with E-state index in [0.717, 1.165) is 37.6 Å². The number of amides is 1. The predicted molar refractivity (Wildman–Crippen MR) is 128 cm³/mol. The van der Waals surface area contributed by atoms with Gasteiger partial charge < -0.3 is 24.7 Å². The lowest BCUT2D eigenvalue weighted by molar-refractivity contribution is -0.134. The number of oxime groups is 1. The van der Waals surface area contributed by atoms with Crippen molar-refractivity contribution in [2.75, 3.05) is 6.54 Å². The van der Waals surface area contributed by atoms with Gasteiger partial charge in [-0.3, -0.25) is 4.79 Å². The largest absolute Gasteiger partial charge is 0.391 e. The van der Waals surface area contributed by atoms with Gasteiger partial charge in [-0.1, -0.05) is 48.4 Å². The second kappa shape index (κ2) is 8.56. The van der Waals surface area contributed by atoms with Crippen LogP contribution in [0.5, 0.6) is 0 Å². The molecule has 0 bridgehead atoms. The van der Waals surface area contributed by atoms with Crippen molar-refractivity contribution in [3.63, 3.8) is 0 Å². The number of β-amino-alcohol motifs (C(OH)–C–C–N with tert-alkyl or cyclic N) is 1. The van der Waals surface area contributed by atoms with Crippen LogP contribution in [0, 0.1) is 5.92 Å². The van der Waals surface area contributed by atoms with Crippen molar-refractivity contribution in [2.24, 2.45) is 11.1 Å². The van der Waals surface area contributed by atoms with E-state index in [-0.39, 0.29) is 24.4 Å². The van der Waals surface area contributed by atoms with Gasteiger partial charge in [0.25, 0.3) is 0 Å². The summed E-state index contributed by atoms with van der Waals surface area (Å²) in [6, 6.07) is 9.75. The summed E-state index contributed by atoms with van der Waals surface area (Å²) in [6.45, 7) is 4.26. The Bertz CT molecular complexity index is 1070. The predicted octanol–water partition coefficient (Wildman–Crippen LogP) is 0.109. The third kappa shape index (κ3) is 3.84. The van der Waals surface area contributed by atoms with Crippen LogP contribution in [0.1, 0.15) is 55.9 Å². The Balaban J connectivity index is 1.40. The molecule has 3 aliphatic rings. The van der Waals surface area contributed by atoms with Crippen molar-refractivity contribution in [1.29, 1.82) is 0 Å². The minimum Gasteiger partial charge on any atom is -0.391 e. The highest BCUT2D eigenvalue weighted by Gasteiger charge is 2.49. The molecule has 4 atom stereocenters. The number of aliphatic hydroxyl groups is 1. The molecule has 1 saturated heterocycles. The fourth-order valence-corrected chi connectivity index (χ4v) is 5.42. The summed E-state index contributed by atoms with van der Waals surface area (Å²) in [4.78, 5) is 21.5. The van der Waals surface area contributed by atoms with Crippen molar-refractivity contribution < 1.29 is 19.3 Å². The zero-order valence-corrected chi connectivity index (χ0v) is 19.5. The number of likely N-dealkylation sites (tertiary alicyclic amines) is 1. The molecule has 1 spiro atoms. The molecule has 1 amide bonds. The second-order valence-corrected chi connectivity index (χ2v) is 9.72. The van der Waals surface area contributed by atoms with E-state index >= 15 is 0 Å². The zero-order valence-electron chi connectivity index (χ0n) is 19.5. The number of hydrogen-bond acceptors (Lipinski definition) is 7. The molecule has 33 heavy (non-hydrogen) atoms. The molecule has 10 heteroatoms. The van der Waals surface area contributed by atoms with Crippen molar-refractivity contribution >= 4 is 32.2 Å². The fourth-order valence-electron chi connectivity index (χ4n) is 5.42. The number of hydrogen-bond donors (Lipinski definition) is 2. The van der Waals surface area contributed by atoms with E-state index in [1.54, 1.807) is 4.90 Å². The van der Waals surface area contributed by atoms with Crippen LogP contribution >= 0.6 is 0 Å². The summed E-state index contributed by atoms with van der Waals surface area (Å²) < 4.78 is 5.55. The Morgan fingerprint density at radius 2 is 2.21 bits per heavy atom. The summed E-state index contributed by atoms with van der Waals surface area (Å²) in [5, 5.41) is 22.5. The lowest BCUT2D eigenvalue weighted by Crippen LogP contribution is -2.52. The van der Waals surface area contributed by atoms with E-state index in [0.29, 0.717) is 18.0 Å². The number of carbonyl (C=O) groups excluding carboxylic acids is 1. The third-order valence-electron chi connectivity index (χ3n) is 7.11. The van der Waals surface area contributed by atoms with Gasteiger partial charge in [0.05, 0.1) is 19.9 Å². The first kappa shape index (κ1) is 22.1. The minimum atomic E-state index is -0.704. The first-order valence-electron chi connectivity index (χ1n) is 12.0. The van der Waals surface area contributed by atoms with Gasteiger partial charge in [0.1, 0.15) is 18.8 Å². The highest BCUT2D eigenvalue weighted by Crippen LogP contribution is 2.40. The van der Waals surface area contributed by atoms with Gasteiger partial charge in [0, 0.05) is 30.5 Å². The normalized spacial score (nSPS) is 27.2. The standard InChI is InChI=1S/C23H30B2N4O4/c1-13(2)20(18-11-19(25-24)27-32-18)22(31)29-12-15(30)10-17(29)21-26-23(33-28-21)9-5-7-14-6-3-4-8-16(14)23/h3-4,6,8,11,13,15,17,20,25,30H,5,7,9-10,12,24H2,1-2H3,(H,26,28)/t15-,17?,20?,23?/m1/s1. The van der Waals surface area contributed by atoms with Crippen LogP contribution in [0.2, 0.25) is 0 Å². The number of rotatable bonds is 5. The molecule has 8 nitrogen and oxygen atoms in total. The van der Waals surface area contributed by atoms with Gasteiger partial charge in [-0.15, -0.1) is 0 Å². The molecule has 2 aromatic rings. The van der Waals surface area contributed by atoms with Crippen LogP contribution < -0.4 is 10.9 Å². The summed E-state index contributed by atoms with van der Waals surface area (Å²) in [6.07, 6.45) is 2.60. The number of benzene rings is 1. The van der Waals surface area contributed by atoms with Crippen molar-refractivity contribution in [1.82, 2.24) is 15.4 Å². The van der Waals surface area contributed by atoms with Gasteiger partial charge in [-0.05, 0) is 30.4 Å². The Kier molecular flexibility index (Phi) is 5.72. The number of aliphatic hydroxyl groups excluding tert-OH is 1. The molecule has 3 heterocycles. The van der Waals surface area contributed by atoms with Crippen LogP contribution in [-0.4, -0.2) is 60.5 Å². The van der Waals surface area contributed by atoms with Crippen LogP contribution in [0.4, 0.5) is 0 Å². The molecular weight excluding hydrogens is 418 g/mol. The average Bonchev–Trinajstić information content (AvgIpc) is 3.53. The monoisotopic (exact) mass is 448 g/mol. The molecule has 3 unspecified atom stereocenters. The number of amidine groups is 1. The molecule has 0 saturated carbocycles. The van der Waals surface area contributed by atoms with E-state index in [4.69, 9.17) is 9.36 Å². The molecule has 1 aromatic carbocycles. The highest BCUT2D eigenvalue weighted by molar-refractivity contribution is 6.97. The average molecular weight is 448 g/mol. The van der Waals surface area contributed by atoms with E-state index in [1.807, 2.05) is 39.8 Å². The maximum absolute atomic E-state index is 13.8. The van der Waals surface area contributed by atoms with E-state index in [2.05, 4.69) is 27.8 Å². The Morgan fingerprint density at radius 1 is 1.39 bits per heavy atom. The zero-order chi connectivity index (χ0) is 23.2. The Labute approximate surface area is 195 Å². The lowest BCUT2D eigenvalue weighted by Gasteiger charge is -2.35. The number of nitrogens with one attached hydrogen (secondary N) is 1. The maximum atomic E-state index is 13.8. The summed E-state index contributed by atoms with van der Waals surface area (Å²) in [5.41, 5.74) is 2.48. The summed E-state index contributed by atoms with van der Waals surface area (Å²) in [7, 11) is 2.75. The lowest BCUT2D eigenvalue weighted by atomic mass is 9.53. The fraction of sp³-hybridized carbons (Fsp3) is 0.522. The summed E-state index contributed by atoms with van der Waals surface area (Å²) in [5.74, 6) is 0.630. The molecule has 1 fully saturated rings. The van der Waals surface area contributed by atoms with Gasteiger partial charge in [0.15, 0.2) is 5.84 Å². The number of carbonyl (C=O) groups is 1. The van der Waals surface area contributed by atoms with Gasteiger partial charge in [0.2, 0.25) is 11.6 Å². The van der Waals surface area contributed by atoms with Gasteiger partial charge in [-0.25, -0.2) is 0 Å². The third-order valence-corrected chi connectivity index (χ3v) is 7.11. The first-order valence-corrected chi connectivity index (χ1v) is 12.0.